The number of carboxylic acid groups (broad SMARTS) is 1. The van der Waals surface area contributed by atoms with Crippen molar-refractivity contribution in [2.75, 3.05) is 16.4 Å². The van der Waals surface area contributed by atoms with Gasteiger partial charge in [0.2, 0.25) is 5.91 Å². The van der Waals surface area contributed by atoms with Crippen LogP contribution >= 0.6 is 23.4 Å². The average molecular weight is 416 g/mol. The molecule has 2 atom stereocenters. The number of carboxylic acids is 1. The number of carbonyl (C=O) groups is 2. The molecule has 2 aliphatic rings. The molecule has 7 nitrogen and oxygen atoms in total. The first-order valence-corrected chi connectivity index (χ1v) is 11.1. The van der Waals surface area contributed by atoms with Crippen molar-refractivity contribution < 1.29 is 23.1 Å². The van der Waals surface area contributed by atoms with Gasteiger partial charge in [-0.3, -0.25) is 4.79 Å². The highest BCUT2D eigenvalue weighted by Crippen LogP contribution is 2.41. The van der Waals surface area contributed by atoms with Gasteiger partial charge in [0.05, 0.1) is 17.5 Å². The number of halogens is 1. The van der Waals surface area contributed by atoms with Crippen LogP contribution in [0.4, 0.5) is 5.69 Å². The van der Waals surface area contributed by atoms with Gasteiger partial charge in [0.15, 0.2) is 15.0 Å². The maximum Gasteiger partial charge on any atom is 0.248 e. The van der Waals surface area contributed by atoms with Gasteiger partial charge in [0, 0.05) is 28.4 Å². The van der Waals surface area contributed by atoms with Gasteiger partial charge in [-0.2, -0.15) is 4.99 Å². The number of rotatable bonds is 5. The van der Waals surface area contributed by atoms with Crippen molar-refractivity contribution in [3.63, 3.8) is 0 Å². The summed E-state index contributed by atoms with van der Waals surface area (Å²) in [5.74, 6) is -1.59. The monoisotopic (exact) mass is 415 g/mol. The smallest absolute Gasteiger partial charge is 0.248 e. The fourth-order valence-electron chi connectivity index (χ4n) is 3.01. The molecule has 1 amide bonds. The summed E-state index contributed by atoms with van der Waals surface area (Å²) in [6.07, 6.45) is -0.0426. The van der Waals surface area contributed by atoms with E-state index in [2.05, 4.69) is 4.99 Å². The summed E-state index contributed by atoms with van der Waals surface area (Å²) in [6, 6.07) is 6.61. The Balaban J connectivity index is 1.84. The SMILES string of the molecule is O=C([O-])CCCC(=O)N=C1S[C@H]2CS(=O)(=O)C[C@@H]2N1c1ccc(Cl)cc1. The number of benzene rings is 1. The molecule has 1 aromatic carbocycles. The van der Waals surface area contributed by atoms with Gasteiger partial charge in [-0.25, -0.2) is 8.42 Å². The number of nitrogens with zero attached hydrogens (tertiary/aromatic N) is 2. The number of amidine groups is 1. The number of hydrogen-bond donors (Lipinski definition) is 0. The molecule has 2 heterocycles. The van der Waals surface area contributed by atoms with Crippen LogP contribution in [0.3, 0.4) is 0 Å². The quantitative estimate of drug-likeness (QED) is 0.701. The Labute approximate surface area is 160 Å². The zero-order valence-electron chi connectivity index (χ0n) is 13.6. The van der Waals surface area contributed by atoms with Crippen LogP contribution in [-0.2, 0) is 19.4 Å². The van der Waals surface area contributed by atoms with E-state index in [1.165, 1.54) is 11.8 Å². The summed E-state index contributed by atoms with van der Waals surface area (Å²) in [7, 11) is -3.13. The number of fused-ring (bicyclic) bond motifs is 1. The Morgan fingerprint density at radius 2 is 1.92 bits per heavy atom. The van der Waals surface area contributed by atoms with Crippen molar-refractivity contribution in [3.05, 3.63) is 29.3 Å². The van der Waals surface area contributed by atoms with Gasteiger partial charge in [0.1, 0.15) is 0 Å². The predicted octanol–water partition coefficient (Wildman–Crippen LogP) is 0.862. The third-order valence-electron chi connectivity index (χ3n) is 4.16. The molecule has 0 spiro atoms. The molecule has 10 heteroatoms. The minimum atomic E-state index is -3.13. The molecule has 2 fully saturated rings. The third kappa shape index (κ3) is 4.39. The van der Waals surface area contributed by atoms with E-state index in [0.29, 0.717) is 15.9 Å². The highest BCUT2D eigenvalue weighted by atomic mass is 35.5. The van der Waals surface area contributed by atoms with E-state index in [0.717, 1.165) is 0 Å². The zero-order chi connectivity index (χ0) is 18.9. The summed E-state index contributed by atoms with van der Waals surface area (Å²) in [6.45, 7) is 0. The first-order chi connectivity index (χ1) is 12.2. The fourth-order valence-corrected chi connectivity index (χ4v) is 7.07. The van der Waals surface area contributed by atoms with Crippen LogP contribution in [0.15, 0.2) is 29.3 Å². The Hall–Kier alpha value is -1.58. The number of hydrogen-bond acceptors (Lipinski definition) is 6. The van der Waals surface area contributed by atoms with Gasteiger partial charge in [-0.15, -0.1) is 0 Å². The molecule has 2 aliphatic heterocycles. The van der Waals surface area contributed by atoms with Crippen molar-refractivity contribution in [3.8, 4) is 0 Å². The lowest BCUT2D eigenvalue weighted by atomic mass is 10.2. The highest BCUT2D eigenvalue weighted by Gasteiger charge is 2.49. The van der Waals surface area contributed by atoms with Gasteiger partial charge in [-0.1, -0.05) is 23.4 Å². The number of aliphatic imine (C=N–C) groups is 1. The Morgan fingerprint density at radius 1 is 1.23 bits per heavy atom. The zero-order valence-corrected chi connectivity index (χ0v) is 16.0. The van der Waals surface area contributed by atoms with Gasteiger partial charge in [0.25, 0.3) is 0 Å². The van der Waals surface area contributed by atoms with Crippen molar-refractivity contribution in [1.82, 2.24) is 0 Å². The molecular weight excluding hydrogens is 400 g/mol. The number of thioether (sulfide) groups is 1. The van der Waals surface area contributed by atoms with Crippen molar-refractivity contribution in [1.29, 1.82) is 0 Å². The molecule has 26 heavy (non-hydrogen) atoms. The second-order valence-electron chi connectivity index (χ2n) is 6.16. The summed E-state index contributed by atoms with van der Waals surface area (Å²) in [4.78, 5) is 28.4. The van der Waals surface area contributed by atoms with E-state index in [4.69, 9.17) is 11.6 Å². The first-order valence-electron chi connectivity index (χ1n) is 7.98. The maximum atomic E-state index is 12.1. The van der Waals surface area contributed by atoms with Crippen molar-refractivity contribution >= 4 is 55.9 Å². The Morgan fingerprint density at radius 3 is 2.58 bits per heavy atom. The average Bonchev–Trinajstić information content (AvgIpc) is 2.99. The van der Waals surface area contributed by atoms with E-state index in [1.54, 1.807) is 29.2 Å². The lowest BCUT2D eigenvalue weighted by molar-refractivity contribution is -0.305. The normalized spacial score (nSPS) is 25.4. The molecule has 0 radical (unpaired) electrons. The predicted molar refractivity (Wildman–Crippen MR) is 99.1 cm³/mol. The molecule has 0 saturated carbocycles. The number of anilines is 1. The van der Waals surface area contributed by atoms with Crippen molar-refractivity contribution in [2.24, 2.45) is 4.99 Å². The summed E-state index contributed by atoms with van der Waals surface area (Å²) >= 11 is 7.19. The van der Waals surface area contributed by atoms with Gasteiger partial charge >= 0.3 is 0 Å². The largest absolute Gasteiger partial charge is 0.550 e. The maximum absolute atomic E-state index is 12.1. The minimum absolute atomic E-state index is 0.000129. The summed E-state index contributed by atoms with van der Waals surface area (Å²) in [5.41, 5.74) is 0.716. The second-order valence-corrected chi connectivity index (χ2v) is 9.96. The molecule has 0 aromatic heterocycles. The van der Waals surface area contributed by atoms with Crippen LogP contribution in [0.5, 0.6) is 0 Å². The summed E-state index contributed by atoms with van der Waals surface area (Å²) < 4.78 is 24.0. The standard InChI is InChI=1S/C16H17ClN2O5S2/c17-10-4-6-11(7-5-10)19-12-8-26(23,24)9-13(12)25-16(19)18-14(20)2-1-3-15(21)22/h4-7,12-13H,1-3,8-9H2,(H,21,22)/p-1/t12-,13-/m0/s1. The molecule has 0 bridgehead atoms. The van der Waals surface area contributed by atoms with Crippen molar-refractivity contribution in [2.45, 2.75) is 30.6 Å². The van der Waals surface area contributed by atoms with E-state index in [9.17, 15) is 23.1 Å². The van der Waals surface area contributed by atoms with Gasteiger partial charge < -0.3 is 14.8 Å². The molecule has 2 saturated heterocycles. The third-order valence-corrected chi connectivity index (χ3v) is 7.62. The molecule has 0 aliphatic carbocycles. The topological polar surface area (TPSA) is 107 Å². The molecular formula is C16H16ClN2O5S2-. The van der Waals surface area contributed by atoms with E-state index in [1.807, 2.05) is 0 Å². The molecule has 1 aromatic rings. The van der Waals surface area contributed by atoms with Crippen LogP contribution in [0.25, 0.3) is 0 Å². The molecule has 3 rings (SSSR count). The molecule has 140 valence electrons. The van der Waals surface area contributed by atoms with Crippen LogP contribution in [0.2, 0.25) is 5.02 Å². The Bertz CT molecular complexity index is 854. The second kappa shape index (κ2) is 7.58. The van der Waals surface area contributed by atoms with E-state index in [-0.39, 0.29) is 42.1 Å². The Kier molecular flexibility index (Phi) is 5.59. The number of amides is 1. The lowest BCUT2D eigenvalue weighted by Crippen LogP contribution is -2.37. The highest BCUT2D eigenvalue weighted by molar-refractivity contribution is 8.16. The van der Waals surface area contributed by atoms with Crippen LogP contribution in [0, 0.1) is 0 Å². The fraction of sp³-hybridized carbons (Fsp3) is 0.438. The lowest BCUT2D eigenvalue weighted by Gasteiger charge is -2.24. The van der Waals surface area contributed by atoms with Crippen LogP contribution in [-0.4, -0.2) is 48.3 Å². The van der Waals surface area contributed by atoms with E-state index < -0.39 is 21.7 Å². The van der Waals surface area contributed by atoms with E-state index >= 15 is 0 Å². The molecule has 0 unspecified atom stereocenters. The summed E-state index contributed by atoms with van der Waals surface area (Å²) in [5, 5.41) is 11.2. The van der Waals surface area contributed by atoms with Gasteiger partial charge in [-0.05, 0) is 37.1 Å². The number of sulfone groups is 1. The first kappa shape index (κ1) is 19.2. The minimum Gasteiger partial charge on any atom is -0.550 e. The van der Waals surface area contributed by atoms with Crippen LogP contribution < -0.4 is 10.0 Å². The number of aliphatic carboxylic acids is 1. The molecule has 0 N–H and O–H groups in total. The van der Waals surface area contributed by atoms with Crippen LogP contribution in [0.1, 0.15) is 19.3 Å². The number of carbonyl (C=O) groups excluding carboxylic acids is 2.